The molecule has 154 valence electrons. The van der Waals surface area contributed by atoms with E-state index in [1.165, 1.54) is 14.0 Å². The highest BCUT2D eigenvalue weighted by Crippen LogP contribution is 2.35. The van der Waals surface area contributed by atoms with Crippen molar-refractivity contribution in [2.75, 3.05) is 25.5 Å². The van der Waals surface area contributed by atoms with Gasteiger partial charge in [0.05, 0.1) is 12.8 Å². The molecule has 1 aliphatic heterocycles. The highest BCUT2D eigenvalue weighted by molar-refractivity contribution is 6.30. The fourth-order valence-electron chi connectivity index (χ4n) is 2.94. The van der Waals surface area contributed by atoms with Crippen LogP contribution in [0.1, 0.15) is 24.5 Å². The van der Waals surface area contributed by atoms with E-state index < -0.39 is 16.9 Å². The van der Waals surface area contributed by atoms with Gasteiger partial charge in [0.1, 0.15) is 16.5 Å². The van der Waals surface area contributed by atoms with Gasteiger partial charge in [-0.25, -0.2) is 9.97 Å². The third-order valence-electron chi connectivity index (χ3n) is 4.52. The van der Waals surface area contributed by atoms with Gasteiger partial charge in [-0.15, -0.1) is 0 Å². The number of halogens is 4. The topological polar surface area (TPSA) is 67.3 Å². The largest absolute Gasteiger partial charge is 0.495 e. The van der Waals surface area contributed by atoms with Crippen LogP contribution in [0.5, 0.6) is 5.75 Å². The lowest BCUT2D eigenvalue weighted by Gasteiger charge is -2.25. The first-order chi connectivity index (χ1) is 13.7. The zero-order valence-electron chi connectivity index (χ0n) is 15.7. The van der Waals surface area contributed by atoms with Crippen molar-refractivity contribution >= 4 is 34.7 Å². The van der Waals surface area contributed by atoms with Gasteiger partial charge in [-0.1, -0.05) is 23.7 Å². The Labute approximate surface area is 170 Å². The smallest absolute Gasteiger partial charge is 0.420 e. The van der Waals surface area contributed by atoms with Gasteiger partial charge in [0.2, 0.25) is 11.9 Å². The Morgan fingerprint density at radius 1 is 1.34 bits per heavy atom. The maximum absolute atomic E-state index is 12.8. The molecule has 0 bridgehead atoms. The van der Waals surface area contributed by atoms with Crippen molar-refractivity contribution in [3.05, 3.63) is 46.8 Å². The van der Waals surface area contributed by atoms with Crippen LogP contribution >= 0.6 is 11.6 Å². The summed E-state index contributed by atoms with van der Waals surface area (Å²) in [6.07, 6.45) is -1.29. The van der Waals surface area contributed by atoms with Crippen LogP contribution in [-0.4, -0.2) is 41.0 Å². The summed E-state index contributed by atoms with van der Waals surface area (Å²) in [5, 5.41) is 2.14. The van der Waals surface area contributed by atoms with Gasteiger partial charge in [-0.2, -0.15) is 13.2 Å². The van der Waals surface area contributed by atoms with Crippen LogP contribution in [-0.2, 0) is 11.0 Å². The number of ether oxygens (including phenoxy) is 1. The summed E-state index contributed by atoms with van der Waals surface area (Å²) in [7, 11) is 1.48. The molecule has 0 aliphatic carbocycles. The fourth-order valence-corrected chi connectivity index (χ4v) is 3.18. The summed E-state index contributed by atoms with van der Waals surface area (Å²) < 4.78 is 43.7. The van der Waals surface area contributed by atoms with Crippen molar-refractivity contribution < 1.29 is 22.7 Å². The third kappa shape index (κ3) is 4.79. The van der Waals surface area contributed by atoms with Gasteiger partial charge in [0.25, 0.3) is 0 Å². The number of amides is 1. The van der Waals surface area contributed by atoms with Gasteiger partial charge >= 0.3 is 6.18 Å². The second-order valence-corrected chi connectivity index (χ2v) is 6.74. The van der Waals surface area contributed by atoms with Crippen LogP contribution < -0.4 is 10.1 Å². The van der Waals surface area contributed by atoms with E-state index in [2.05, 4.69) is 15.3 Å². The quantitative estimate of drug-likeness (QED) is 0.727. The number of nitrogens with one attached hydrogen (secondary N) is 1. The van der Waals surface area contributed by atoms with Crippen LogP contribution in [0.15, 0.2) is 30.5 Å². The Balaban J connectivity index is 1.81. The summed E-state index contributed by atoms with van der Waals surface area (Å²) in [5.41, 5.74) is 1.40. The molecule has 0 atom stereocenters. The SMILES string of the molecule is COc1cc(C2=CCN(C(C)=O)CC2)ccc1Nc1ncc(C(F)(F)F)c(Cl)n1. The number of nitrogens with zero attached hydrogens (tertiary/aromatic N) is 3. The van der Waals surface area contributed by atoms with E-state index in [9.17, 15) is 18.0 Å². The number of methoxy groups -OCH3 is 1. The minimum absolute atomic E-state index is 0.0348. The Bertz CT molecular complexity index is 963. The van der Waals surface area contributed by atoms with E-state index in [4.69, 9.17) is 16.3 Å². The molecule has 0 spiro atoms. The average molecular weight is 427 g/mol. The Morgan fingerprint density at radius 3 is 2.66 bits per heavy atom. The van der Waals surface area contributed by atoms with Crippen molar-refractivity contribution in [1.82, 2.24) is 14.9 Å². The van der Waals surface area contributed by atoms with E-state index in [-0.39, 0.29) is 11.9 Å². The highest BCUT2D eigenvalue weighted by Gasteiger charge is 2.34. The number of aromatic nitrogens is 2. The van der Waals surface area contributed by atoms with Crippen LogP contribution in [0.3, 0.4) is 0 Å². The van der Waals surface area contributed by atoms with Crippen molar-refractivity contribution in [2.45, 2.75) is 19.5 Å². The first-order valence-corrected chi connectivity index (χ1v) is 9.06. The maximum Gasteiger partial charge on any atom is 0.420 e. The molecule has 1 aromatic carbocycles. The summed E-state index contributed by atoms with van der Waals surface area (Å²) in [6, 6.07) is 5.39. The van der Waals surface area contributed by atoms with Crippen molar-refractivity contribution in [1.29, 1.82) is 0 Å². The molecule has 2 aromatic rings. The molecule has 1 aromatic heterocycles. The monoisotopic (exact) mass is 426 g/mol. The molecular weight excluding hydrogens is 409 g/mol. The van der Waals surface area contributed by atoms with Gasteiger partial charge in [0.15, 0.2) is 0 Å². The van der Waals surface area contributed by atoms with Crippen LogP contribution in [0.25, 0.3) is 5.57 Å². The number of benzene rings is 1. The molecule has 0 saturated heterocycles. The first-order valence-electron chi connectivity index (χ1n) is 8.68. The molecule has 1 N–H and O–H groups in total. The normalized spacial score (nSPS) is 14.4. The summed E-state index contributed by atoms with van der Waals surface area (Å²) >= 11 is 5.64. The van der Waals surface area contributed by atoms with Crippen molar-refractivity contribution in [3.63, 3.8) is 0 Å². The number of hydrogen-bond donors (Lipinski definition) is 1. The van der Waals surface area contributed by atoms with E-state index in [1.807, 2.05) is 18.2 Å². The number of anilines is 2. The number of hydrogen-bond acceptors (Lipinski definition) is 5. The molecule has 0 saturated carbocycles. The lowest BCUT2D eigenvalue weighted by molar-refractivity contribution is -0.138. The number of alkyl halides is 3. The van der Waals surface area contributed by atoms with Gasteiger partial charge in [0, 0.05) is 26.2 Å². The molecule has 3 rings (SSSR count). The molecule has 10 heteroatoms. The lowest BCUT2D eigenvalue weighted by atomic mass is 9.99. The van der Waals surface area contributed by atoms with Gasteiger partial charge < -0.3 is 15.0 Å². The zero-order valence-corrected chi connectivity index (χ0v) is 16.4. The van der Waals surface area contributed by atoms with E-state index in [0.29, 0.717) is 37.1 Å². The summed E-state index contributed by atoms with van der Waals surface area (Å²) in [6.45, 7) is 2.73. The maximum atomic E-state index is 12.8. The molecule has 0 unspecified atom stereocenters. The van der Waals surface area contributed by atoms with Crippen LogP contribution in [0, 0.1) is 0 Å². The molecule has 29 heavy (non-hydrogen) atoms. The number of rotatable bonds is 4. The zero-order chi connectivity index (χ0) is 21.2. The highest BCUT2D eigenvalue weighted by atomic mass is 35.5. The number of carbonyl (C=O) groups excluding carboxylic acids is 1. The van der Waals surface area contributed by atoms with E-state index >= 15 is 0 Å². The predicted molar refractivity (Wildman–Crippen MR) is 103 cm³/mol. The van der Waals surface area contributed by atoms with Crippen molar-refractivity contribution in [3.8, 4) is 5.75 Å². The second kappa shape index (κ2) is 8.28. The molecular formula is C19H18ClF3N4O2. The fraction of sp³-hybridized carbons (Fsp3) is 0.316. The summed E-state index contributed by atoms with van der Waals surface area (Å²) in [5.74, 6) is 0.424. The molecule has 0 radical (unpaired) electrons. The van der Waals surface area contributed by atoms with Gasteiger partial charge in [-0.05, 0) is 29.7 Å². The van der Waals surface area contributed by atoms with Gasteiger partial charge in [-0.3, -0.25) is 4.79 Å². The Morgan fingerprint density at radius 2 is 2.10 bits per heavy atom. The third-order valence-corrected chi connectivity index (χ3v) is 4.81. The van der Waals surface area contributed by atoms with E-state index in [0.717, 1.165) is 11.1 Å². The van der Waals surface area contributed by atoms with Crippen LogP contribution in [0.4, 0.5) is 24.8 Å². The minimum Gasteiger partial charge on any atom is -0.495 e. The lowest BCUT2D eigenvalue weighted by Crippen LogP contribution is -2.32. The molecule has 6 nitrogen and oxygen atoms in total. The standard InChI is InChI=1S/C19H18ClF3N4O2/c1-11(28)27-7-5-12(6-8-27)13-3-4-15(16(9-13)29-2)25-18-24-10-14(17(20)26-18)19(21,22)23/h3-5,9-10H,6-8H2,1-2H3,(H,24,25,26). The molecule has 1 amide bonds. The minimum atomic E-state index is -4.62. The van der Waals surface area contributed by atoms with Crippen LogP contribution in [0.2, 0.25) is 5.15 Å². The van der Waals surface area contributed by atoms with Crippen molar-refractivity contribution in [2.24, 2.45) is 0 Å². The molecule has 2 heterocycles. The molecule has 1 aliphatic rings. The van der Waals surface area contributed by atoms with E-state index in [1.54, 1.807) is 11.0 Å². The Hall–Kier alpha value is -2.81. The summed E-state index contributed by atoms with van der Waals surface area (Å²) in [4.78, 5) is 20.5. The average Bonchev–Trinajstić information content (AvgIpc) is 2.67. The second-order valence-electron chi connectivity index (χ2n) is 6.38. The molecule has 0 fully saturated rings. The first kappa shape index (κ1) is 20.9. The predicted octanol–water partition coefficient (Wildman–Crippen LogP) is 4.54. The Kier molecular flexibility index (Phi) is 5.97. The number of carbonyl (C=O) groups is 1.